The fourth-order valence-electron chi connectivity index (χ4n) is 3.91. The van der Waals surface area contributed by atoms with Gasteiger partial charge >= 0.3 is 5.97 Å². The molecule has 3 unspecified atom stereocenters. The van der Waals surface area contributed by atoms with Gasteiger partial charge in [0.1, 0.15) is 0 Å². The molecular formula is C17H22O2. The third-order valence-corrected chi connectivity index (χ3v) is 4.76. The number of hydrogen-bond donors (Lipinski definition) is 0. The van der Waals surface area contributed by atoms with E-state index in [4.69, 9.17) is 4.74 Å². The van der Waals surface area contributed by atoms with Crippen molar-refractivity contribution in [1.82, 2.24) is 0 Å². The van der Waals surface area contributed by atoms with Crippen LogP contribution in [0.25, 0.3) is 0 Å². The topological polar surface area (TPSA) is 26.3 Å². The highest BCUT2D eigenvalue weighted by Gasteiger charge is 2.59. The molecule has 0 radical (unpaired) electrons. The summed E-state index contributed by atoms with van der Waals surface area (Å²) in [5, 5.41) is 0. The van der Waals surface area contributed by atoms with Gasteiger partial charge in [-0.05, 0) is 24.3 Å². The lowest BCUT2D eigenvalue weighted by Gasteiger charge is -2.08. The summed E-state index contributed by atoms with van der Waals surface area (Å²) in [5.41, 5.74) is 1.32. The van der Waals surface area contributed by atoms with Crippen molar-refractivity contribution in [2.75, 3.05) is 6.61 Å². The number of benzene rings is 1. The Morgan fingerprint density at radius 3 is 2.53 bits per heavy atom. The molecule has 0 N–H and O–H groups in total. The Morgan fingerprint density at radius 2 is 1.89 bits per heavy atom. The maximum Gasteiger partial charge on any atom is 0.309 e. The summed E-state index contributed by atoms with van der Waals surface area (Å²) in [7, 11) is 0. The lowest BCUT2D eigenvalue weighted by molar-refractivity contribution is -0.145. The molecule has 2 nitrogen and oxygen atoms in total. The predicted octanol–water partition coefficient (Wildman–Crippen LogP) is 3.77. The van der Waals surface area contributed by atoms with Crippen LogP contribution >= 0.6 is 0 Å². The smallest absolute Gasteiger partial charge is 0.309 e. The van der Waals surface area contributed by atoms with Crippen LogP contribution in [0.4, 0.5) is 0 Å². The van der Waals surface area contributed by atoms with Gasteiger partial charge < -0.3 is 4.74 Å². The Balaban J connectivity index is 1.78. The zero-order valence-electron chi connectivity index (χ0n) is 11.5. The summed E-state index contributed by atoms with van der Waals surface area (Å²) >= 11 is 0. The molecule has 2 saturated carbocycles. The fraction of sp³-hybridized carbons (Fsp3) is 0.588. The quantitative estimate of drug-likeness (QED) is 0.768. The van der Waals surface area contributed by atoms with Crippen molar-refractivity contribution in [1.29, 1.82) is 0 Å². The van der Waals surface area contributed by atoms with Gasteiger partial charge in [-0.1, -0.05) is 56.0 Å². The van der Waals surface area contributed by atoms with Crippen molar-refractivity contribution in [2.45, 2.75) is 38.5 Å². The van der Waals surface area contributed by atoms with Gasteiger partial charge in [0.2, 0.25) is 0 Å². The molecule has 3 atom stereocenters. The van der Waals surface area contributed by atoms with Crippen LogP contribution in [-0.2, 0) is 9.53 Å². The third kappa shape index (κ3) is 2.41. The zero-order chi connectivity index (χ0) is 13.2. The molecule has 0 bridgehead atoms. The van der Waals surface area contributed by atoms with E-state index in [1.54, 1.807) is 0 Å². The number of ether oxygens (including phenoxy) is 1. The monoisotopic (exact) mass is 258 g/mol. The van der Waals surface area contributed by atoms with Crippen LogP contribution in [0.5, 0.6) is 0 Å². The van der Waals surface area contributed by atoms with E-state index < -0.39 is 0 Å². The molecule has 102 valence electrons. The highest BCUT2D eigenvalue weighted by Crippen LogP contribution is 2.61. The first-order valence-corrected chi connectivity index (χ1v) is 7.54. The Kier molecular flexibility index (Phi) is 3.58. The normalized spacial score (nSPS) is 30.3. The van der Waals surface area contributed by atoms with E-state index in [-0.39, 0.29) is 11.9 Å². The number of hydrogen-bond acceptors (Lipinski definition) is 2. The molecule has 0 heterocycles. The Labute approximate surface area is 115 Å². The summed E-state index contributed by atoms with van der Waals surface area (Å²) in [4.78, 5) is 12.1. The standard InChI is InChI=1S/C17H22O2/c1-2-19-17(18)16-14(12-8-4-3-5-9-12)15(16)13-10-6-7-11-13/h3-5,8-9,13-16H,2,6-7,10-11H2,1H3. The van der Waals surface area contributed by atoms with Crippen molar-refractivity contribution < 1.29 is 9.53 Å². The van der Waals surface area contributed by atoms with E-state index in [2.05, 4.69) is 24.3 Å². The molecule has 0 amide bonds. The zero-order valence-corrected chi connectivity index (χ0v) is 11.5. The van der Waals surface area contributed by atoms with Gasteiger partial charge in [-0.2, -0.15) is 0 Å². The van der Waals surface area contributed by atoms with Crippen LogP contribution in [0, 0.1) is 17.8 Å². The molecule has 0 aromatic heterocycles. The summed E-state index contributed by atoms with van der Waals surface area (Å²) in [5.74, 6) is 1.81. The van der Waals surface area contributed by atoms with Gasteiger partial charge in [-0.15, -0.1) is 0 Å². The van der Waals surface area contributed by atoms with Crippen LogP contribution in [0.15, 0.2) is 30.3 Å². The van der Waals surface area contributed by atoms with Crippen molar-refractivity contribution in [3.63, 3.8) is 0 Å². The lowest BCUT2D eigenvalue weighted by Crippen LogP contribution is -2.10. The highest BCUT2D eigenvalue weighted by molar-refractivity contribution is 5.78. The fourth-order valence-corrected chi connectivity index (χ4v) is 3.91. The van der Waals surface area contributed by atoms with Crippen LogP contribution in [0.1, 0.15) is 44.1 Å². The molecule has 3 rings (SSSR count). The molecule has 2 aliphatic rings. The maximum absolute atomic E-state index is 12.1. The largest absolute Gasteiger partial charge is 0.466 e. The third-order valence-electron chi connectivity index (χ3n) is 4.76. The SMILES string of the molecule is CCOC(=O)C1C(c2ccccc2)C1C1CCCC1. The molecule has 19 heavy (non-hydrogen) atoms. The minimum atomic E-state index is 0.0215. The summed E-state index contributed by atoms with van der Waals surface area (Å²) < 4.78 is 5.27. The van der Waals surface area contributed by atoms with E-state index in [1.165, 1.54) is 31.2 Å². The molecule has 0 spiro atoms. The summed E-state index contributed by atoms with van der Waals surface area (Å²) in [6.45, 7) is 2.39. The van der Waals surface area contributed by atoms with E-state index >= 15 is 0 Å². The van der Waals surface area contributed by atoms with Gasteiger partial charge in [0, 0.05) is 5.92 Å². The summed E-state index contributed by atoms with van der Waals surface area (Å²) in [6, 6.07) is 10.5. The van der Waals surface area contributed by atoms with Gasteiger partial charge in [-0.3, -0.25) is 4.79 Å². The second-order valence-electron chi connectivity index (χ2n) is 5.84. The highest BCUT2D eigenvalue weighted by atomic mass is 16.5. The average molecular weight is 258 g/mol. The van der Waals surface area contributed by atoms with E-state index in [0.29, 0.717) is 18.4 Å². The molecule has 2 aliphatic carbocycles. The van der Waals surface area contributed by atoms with E-state index in [0.717, 1.165) is 5.92 Å². The lowest BCUT2D eigenvalue weighted by atomic mass is 9.98. The van der Waals surface area contributed by atoms with Gasteiger partial charge in [-0.25, -0.2) is 0 Å². The number of rotatable bonds is 4. The Morgan fingerprint density at radius 1 is 1.21 bits per heavy atom. The number of carbonyl (C=O) groups is 1. The Hall–Kier alpha value is -1.31. The van der Waals surface area contributed by atoms with Gasteiger partial charge in [0.15, 0.2) is 0 Å². The maximum atomic E-state index is 12.1. The van der Waals surface area contributed by atoms with Crippen LogP contribution < -0.4 is 0 Å². The molecule has 2 heteroatoms. The Bertz CT molecular complexity index is 434. The first-order valence-electron chi connectivity index (χ1n) is 7.54. The summed E-state index contributed by atoms with van der Waals surface area (Å²) in [6.07, 6.45) is 5.25. The first kappa shape index (κ1) is 12.7. The molecule has 0 saturated heterocycles. The molecule has 1 aromatic carbocycles. The predicted molar refractivity (Wildman–Crippen MR) is 74.8 cm³/mol. The van der Waals surface area contributed by atoms with E-state index in [9.17, 15) is 4.79 Å². The number of carbonyl (C=O) groups excluding carboxylic acids is 1. The van der Waals surface area contributed by atoms with Crippen molar-refractivity contribution in [2.24, 2.45) is 17.8 Å². The van der Waals surface area contributed by atoms with Gasteiger partial charge in [0.25, 0.3) is 0 Å². The second-order valence-corrected chi connectivity index (χ2v) is 5.84. The van der Waals surface area contributed by atoms with Crippen molar-refractivity contribution in [3.05, 3.63) is 35.9 Å². The molecule has 0 aliphatic heterocycles. The van der Waals surface area contributed by atoms with Crippen LogP contribution in [0.3, 0.4) is 0 Å². The van der Waals surface area contributed by atoms with Crippen molar-refractivity contribution in [3.8, 4) is 0 Å². The minimum absolute atomic E-state index is 0.0215. The van der Waals surface area contributed by atoms with Crippen molar-refractivity contribution >= 4 is 5.97 Å². The first-order chi connectivity index (χ1) is 9.33. The average Bonchev–Trinajstić information content (AvgIpc) is 2.95. The van der Waals surface area contributed by atoms with Crippen LogP contribution in [-0.4, -0.2) is 12.6 Å². The molecule has 2 fully saturated rings. The van der Waals surface area contributed by atoms with Gasteiger partial charge in [0.05, 0.1) is 12.5 Å². The molecule has 1 aromatic rings. The van der Waals surface area contributed by atoms with Crippen LogP contribution in [0.2, 0.25) is 0 Å². The molecular weight excluding hydrogens is 236 g/mol. The minimum Gasteiger partial charge on any atom is -0.466 e. The van der Waals surface area contributed by atoms with E-state index in [1.807, 2.05) is 13.0 Å². The number of esters is 1. The second kappa shape index (κ2) is 5.36.